The van der Waals surface area contributed by atoms with Crippen LogP contribution in [0.25, 0.3) is 22.1 Å². The summed E-state index contributed by atoms with van der Waals surface area (Å²) in [7, 11) is 0. The second kappa shape index (κ2) is 10.4. The maximum atomic E-state index is 12.7. The summed E-state index contributed by atoms with van der Waals surface area (Å²) in [5.41, 5.74) is 3.02. The van der Waals surface area contributed by atoms with Crippen molar-refractivity contribution in [2.45, 2.75) is 32.6 Å². The number of hydrogen-bond acceptors (Lipinski definition) is 7. The van der Waals surface area contributed by atoms with Gasteiger partial charge in [-0.3, -0.25) is 4.79 Å². The van der Waals surface area contributed by atoms with E-state index in [9.17, 15) is 14.4 Å². The third-order valence-corrected chi connectivity index (χ3v) is 7.28. The number of rotatable bonds is 7. The lowest BCUT2D eigenvalue weighted by Gasteiger charge is -2.12. The van der Waals surface area contributed by atoms with E-state index < -0.39 is 17.5 Å². The normalized spacial score (nSPS) is 12.7. The summed E-state index contributed by atoms with van der Waals surface area (Å²) in [4.78, 5) is 38.6. The Labute approximate surface area is 211 Å². The number of carbonyl (C=O) groups excluding carboxylic acids is 2. The number of nitrogens with one attached hydrogen (secondary N) is 1. The number of carbonyl (C=O) groups is 2. The molecule has 1 aliphatic carbocycles. The molecule has 0 unspecified atom stereocenters. The highest BCUT2D eigenvalue weighted by atomic mass is 32.1. The van der Waals surface area contributed by atoms with Gasteiger partial charge in [-0.05, 0) is 61.4 Å². The minimum absolute atomic E-state index is 0.265. The van der Waals surface area contributed by atoms with Crippen molar-refractivity contribution in [3.8, 4) is 16.9 Å². The van der Waals surface area contributed by atoms with Crippen molar-refractivity contribution < 1.29 is 23.5 Å². The first-order valence-electron chi connectivity index (χ1n) is 11.9. The monoisotopic (exact) mass is 503 g/mol. The predicted molar refractivity (Wildman–Crippen MR) is 139 cm³/mol. The van der Waals surface area contributed by atoms with Crippen LogP contribution in [0.3, 0.4) is 0 Å². The van der Waals surface area contributed by atoms with E-state index >= 15 is 0 Å². The van der Waals surface area contributed by atoms with E-state index in [1.165, 1.54) is 17.4 Å². The molecule has 2 aromatic heterocycles. The minimum atomic E-state index is -0.468. The number of amides is 1. The van der Waals surface area contributed by atoms with Gasteiger partial charge in [0.25, 0.3) is 5.91 Å². The summed E-state index contributed by atoms with van der Waals surface area (Å²) in [6.07, 6.45) is 3.78. The number of ether oxygens (including phenoxy) is 2. The molecule has 1 aliphatic rings. The van der Waals surface area contributed by atoms with E-state index in [0.717, 1.165) is 52.6 Å². The number of hydrogen-bond donors (Lipinski definition) is 1. The zero-order chi connectivity index (χ0) is 25.1. The van der Waals surface area contributed by atoms with Crippen LogP contribution in [-0.2, 0) is 22.4 Å². The molecule has 0 spiro atoms. The van der Waals surface area contributed by atoms with Crippen LogP contribution in [0.15, 0.2) is 63.8 Å². The lowest BCUT2D eigenvalue weighted by atomic mass is 9.95. The van der Waals surface area contributed by atoms with Crippen molar-refractivity contribution in [2.24, 2.45) is 0 Å². The van der Waals surface area contributed by atoms with Gasteiger partial charge in [-0.2, -0.15) is 0 Å². The van der Waals surface area contributed by atoms with Crippen molar-refractivity contribution in [3.63, 3.8) is 0 Å². The largest absolute Gasteiger partial charge is 0.484 e. The fraction of sp³-hybridized carbons (Fsp3) is 0.250. The Morgan fingerprint density at radius 1 is 1.06 bits per heavy atom. The van der Waals surface area contributed by atoms with Crippen LogP contribution in [0.2, 0.25) is 0 Å². The molecule has 0 aliphatic heterocycles. The summed E-state index contributed by atoms with van der Waals surface area (Å²) >= 11 is 1.43. The van der Waals surface area contributed by atoms with E-state index in [1.807, 2.05) is 30.3 Å². The fourth-order valence-corrected chi connectivity index (χ4v) is 5.77. The van der Waals surface area contributed by atoms with E-state index in [2.05, 4.69) is 5.32 Å². The molecule has 4 aromatic rings. The Hall–Kier alpha value is -3.91. The highest BCUT2D eigenvalue weighted by Gasteiger charge is 2.27. The van der Waals surface area contributed by atoms with Gasteiger partial charge in [-0.1, -0.05) is 30.3 Å². The summed E-state index contributed by atoms with van der Waals surface area (Å²) in [5, 5.41) is 4.10. The molecular weight excluding hydrogens is 478 g/mol. The molecule has 5 rings (SSSR count). The summed E-state index contributed by atoms with van der Waals surface area (Å²) in [6, 6.07) is 16.2. The zero-order valence-electron chi connectivity index (χ0n) is 19.8. The smallest absolute Gasteiger partial charge is 0.341 e. The Kier molecular flexibility index (Phi) is 6.86. The van der Waals surface area contributed by atoms with Crippen molar-refractivity contribution >= 4 is 39.2 Å². The van der Waals surface area contributed by atoms with E-state index in [0.29, 0.717) is 21.9 Å². The molecule has 2 heterocycles. The summed E-state index contributed by atoms with van der Waals surface area (Å²) in [6.45, 7) is 1.76. The van der Waals surface area contributed by atoms with E-state index in [4.69, 9.17) is 13.9 Å². The van der Waals surface area contributed by atoms with Crippen LogP contribution in [0.4, 0.5) is 5.00 Å². The number of aryl methyl sites for hydroxylation is 1. The molecular formula is C28H25NO6S. The Morgan fingerprint density at radius 3 is 2.67 bits per heavy atom. The summed E-state index contributed by atoms with van der Waals surface area (Å²) in [5.74, 6) is -0.410. The molecule has 0 saturated carbocycles. The zero-order valence-corrected chi connectivity index (χ0v) is 20.6. The third kappa shape index (κ3) is 4.90. The Morgan fingerprint density at radius 2 is 1.86 bits per heavy atom. The van der Waals surface area contributed by atoms with Crippen molar-refractivity contribution in [1.82, 2.24) is 0 Å². The minimum Gasteiger partial charge on any atom is -0.484 e. The molecule has 36 heavy (non-hydrogen) atoms. The van der Waals surface area contributed by atoms with Gasteiger partial charge in [-0.15, -0.1) is 11.3 Å². The molecule has 7 nitrogen and oxygen atoms in total. The fourth-order valence-electron chi connectivity index (χ4n) is 4.47. The topological polar surface area (TPSA) is 94.8 Å². The standard InChI is InChI=1S/C28H25NO6S/c1-2-33-28(32)26-20-10-6-7-11-23(20)36-27(26)29-24(30)16-34-18-12-13-19-21(17-8-4-3-5-9-17)15-25(31)35-22(19)14-18/h3-5,8-9,12-15H,2,6-7,10-11,16H2,1H3,(H,29,30). The third-order valence-electron chi connectivity index (χ3n) is 6.07. The molecule has 0 atom stereocenters. The van der Waals surface area contributed by atoms with Crippen molar-refractivity contribution in [3.05, 3.63) is 81.0 Å². The second-order valence-electron chi connectivity index (χ2n) is 8.48. The van der Waals surface area contributed by atoms with Gasteiger partial charge in [0, 0.05) is 22.4 Å². The second-order valence-corrected chi connectivity index (χ2v) is 9.58. The maximum Gasteiger partial charge on any atom is 0.341 e. The first kappa shape index (κ1) is 23.8. The molecule has 0 bridgehead atoms. The van der Waals surface area contributed by atoms with Gasteiger partial charge in [0.05, 0.1) is 12.2 Å². The first-order chi connectivity index (χ1) is 17.5. The van der Waals surface area contributed by atoms with Crippen molar-refractivity contribution in [2.75, 3.05) is 18.5 Å². The number of benzene rings is 2. The van der Waals surface area contributed by atoms with Crippen LogP contribution < -0.4 is 15.7 Å². The van der Waals surface area contributed by atoms with Crippen molar-refractivity contribution in [1.29, 1.82) is 0 Å². The quantitative estimate of drug-likeness (QED) is 0.261. The molecule has 184 valence electrons. The van der Waals surface area contributed by atoms with Crippen LogP contribution in [0.5, 0.6) is 5.75 Å². The van der Waals surface area contributed by atoms with Gasteiger partial charge in [0.15, 0.2) is 6.61 Å². The Balaban J connectivity index is 1.33. The molecule has 0 radical (unpaired) electrons. The van der Waals surface area contributed by atoms with Gasteiger partial charge in [0.1, 0.15) is 16.3 Å². The number of thiophene rings is 1. The van der Waals surface area contributed by atoms with Gasteiger partial charge >= 0.3 is 11.6 Å². The lowest BCUT2D eigenvalue weighted by Crippen LogP contribution is -2.21. The number of anilines is 1. The van der Waals surface area contributed by atoms with Crippen LogP contribution >= 0.6 is 11.3 Å². The predicted octanol–water partition coefficient (Wildman–Crippen LogP) is 5.59. The average Bonchev–Trinajstić information content (AvgIpc) is 3.25. The molecule has 8 heteroatoms. The Bertz CT molecular complexity index is 1490. The average molecular weight is 504 g/mol. The van der Waals surface area contributed by atoms with Gasteiger partial charge < -0.3 is 19.2 Å². The van der Waals surface area contributed by atoms with E-state index in [-0.39, 0.29) is 13.2 Å². The highest BCUT2D eigenvalue weighted by molar-refractivity contribution is 7.17. The highest BCUT2D eigenvalue weighted by Crippen LogP contribution is 2.38. The number of esters is 1. The maximum absolute atomic E-state index is 12.7. The summed E-state index contributed by atoms with van der Waals surface area (Å²) < 4.78 is 16.3. The molecule has 1 N–H and O–H groups in total. The van der Waals surface area contributed by atoms with Gasteiger partial charge in [-0.25, -0.2) is 9.59 Å². The van der Waals surface area contributed by atoms with Crippen LogP contribution in [-0.4, -0.2) is 25.1 Å². The molecule has 0 saturated heterocycles. The first-order valence-corrected chi connectivity index (χ1v) is 12.7. The molecule has 1 amide bonds. The molecule has 0 fully saturated rings. The van der Waals surface area contributed by atoms with Crippen LogP contribution in [0.1, 0.15) is 40.6 Å². The molecule has 2 aromatic carbocycles. The number of fused-ring (bicyclic) bond motifs is 2. The SMILES string of the molecule is CCOC(=O)c1c(NC(=O)COc2ccc3c(-c4ccccc4)cc(=O)oc3c2)sc2c1CCCC2. The van der Waals surface area contributed by atoms with Gasteiger partial charge in [0.2, 0.25) is 0 Å². The van der Waals surface area contributed by atoms with E-state index in [1.54, 1.807) is 25.1 Å². The lowest BCUT2D eigenvalue weighted by molar-refractivity contribution is -0.118. The van der Waals surface area contributed by atoms with Crippen LogP contribution in [0, 0.1) is 0 Å².